The maximum absolute atomic E-state index is 10.8. The van der Waals surface area contributed by atoms with E-state index in [0.717, 1.165) is 24.0 Å². The Morgan fingerprint density at radius 1 is 1.12 bits per heavy atom. The van der Waals surface area contributed by atoms with Gasteiger partial charge in [-0.05, 0) is 68.6 Å². The van der Waals surface area contributed by atoms with Crippen molar-refractivity contribution in [2.24, 2.45) is 5.92 Å². The summed E-state index contributed by atoms with van der Waals surface area (Å²) in [6.07, 6.45) is 4.88. The van der Waals surface area contributed by atoms with Gasteiger partial charge in [0.15, 0.2) is 0 Å². The number of phenolic OH excluding ortho intramolecular Hbond substituents is 2. The molecular weight excluding hydrogens is 320 g/mol. The first-order chi connectivity index (χ1) is 13.7. The molecular formula is C24H28O2. The molecule has 2 N–H and O–H groups in total. The molecule has 0 fully saturated rings. The Kier molecular flexibility index (Phi) is 4.41. The lowest BCUT2D eigenvalue weighted by Gasteiger charge is -2.31. The van der Waals surface area contributed by atoms with Crippen LogP contribution in [-0.2, 0) is 12.8 Å². The maximum atomic E-state index is 10.8. The second-order valence-corrected chi connectivity index (χ2v) is 7.24. The summed E-state index contributed by atoms with van der Waals surface area (Å²) in [7, 11) is 0. The van der Waals surface area contributed by atoms with E-state index in [-0.39, 0.29) is 23.0 Å². The van der Waals surface area contributed by atoms with Gasteiger partial charge < -0.3 is 10.2 Å². The number of aryl methyl sites for hydroxylation is 2. The smallest absolute Gasteiger partial charge is 0.123 e. The summed E-state index contributed by atoms with van der Waals surface area (Å²) in [5.74, 6) is -0.738. The number of hydrogen-bond donors (Lipinski definition) is 2. The van der Waals surface area contributed by atoms with Gasteiger partial charge in [-0.25, -0.2) is 0 Å². The molecule has 2 aromatic rings. The molecule has 2 heteroatoms. The number of phenols is 2. The van der Waals surface area contributed by atoms with E-state index < -0.39 is 12.8 Å². The van der Waals surface area contributed by atoms with E-state index in [2.05, 4.69) is 18.7 Å². The minimum atomic E-state index is -2.26. The lowest BCUT2D eigenvalue weighted by molar-refractivity contribution is 0.406. The predicted molar refractivity (Wildman–Crippen MR) is 108 cm³/mol. The standard InChI is InChI=1S/C24H28O2/c1-16(2)20-12-9-17(3)13-21(20)24-22(25)14-19(15-23(24)26)11-10-18-7-5-4-6-8-18/h4-8,13-15,20-21,25-26H,1,9-12H2,2-3H3/t20-,21+/m0/s1/i2D3. The van der Waals surface area contributed by atoms with E-state index >= 15 is 0 Å². The Balaban J connectivity index is 1.90. The number of aromatic hydroxyl groups is 2. The molecule has 0 aliphatic heterocycles. The van der Waals surface area contributed by atoms with Gasteiger partial charge in [-0.15, -0.1) is 0 Å². The van der Waals surface area contributed by atoms with Crippen LogP contribution in [0, 0.1) is 5.92 Å². The Morgan fingerprint density at radius 3 is 2.42 bits per heavy atom. The third-order valence-electron chi connectivity index (χ3n) is 5.27. The van der Waals surface area contributed by atoms with Gasteiger partial charge in [-0.2, -0.15) is 0 Å². The summed E-state index contributed by atoms with van der Waals surface area (Å²) in [5, 5.41) is 21.5. The monoisotopic (exact) mass is 351 g/mol. The van der Waals surface area contributed by atoms with Crippen molar-refractivity contribution in [2.75, 3.05) is 0 Å². The summed E-state index contributed by atoms with van der Waals surface area (Å²) >= 11 is 0. The molecule has 1 aliphatic rings. The third kappa shape index (κ3) is 4.01. The molecule has 0 saturated heterocycles. The molecule has 2 nitrogen and oxygen atoms in total. The van der Waals surface area contributed by atoms with Crippen LogP contribution in [0.15, 0.2) is 66.3 Å². The fourth-order valence-electron chi connectivity index (χ4n) is 3.84. The summed E-state index contributed by atoms with van der Waals surface area (Å²) in [6, 6.07) is 13.4. The Morgan fingerprint density at radius 2 is 1.77 bits per heavy atom. The first-order valence-electron chi connectivity index (χ1n) is 10.6. The van der Waals surface area contributed by atoms with Crippen molar-refractivity contribution in [2.45, 2.75) is 45.4 Å². The molecule has 0 unspecified atom stereocenters. The fourth-order valence-corrected chi connectivity index (χ4v) is 3.84. The number of hydrogen-bond acceptors (Lipinski definition) is 2. The quantitative estimate of drug-likeness (QED) is 0.659. The normalized spacial score (nSPS) is 22.0. The molecule has 136 valence electrons. The van der Waals surface area contributed by atoms with Crippen molar-refractivity contribution < 1.29 is 14.3 Å². The van der Waals surface area contributed by atoms with E-state index in [1.165, 1.54) is 5.56 Å². The highest BCUT2D eigenvalue weighted by molar-refractivity contribution is 5.52. The van der Waals surface area contributed by atoms with Crippen LogP contribution in [0.25, 0.3) is 0 Å². The first kappa shape index (κ1) is 14.7. The van der Waals surface area contributed by atoms with Crippen molar-refractivity contribution >= 4 is 0 Å². The van der Waals surface area contributed by atoms with Crippen LogP contribution in [0.5, 0.6) is 11.5 Å². The molecule has 0 heterocycles. The molecule has 0 aromatic heterocycles. The Labute approximate surface area is 160 Å². The summed E-state index contributed by atoms with van der Waals surface area (Å²) in [5.41, 5.74) is 3.73. The third-order valence-corrected chi connectivity index (χ3v) is 5.27. The van der Waals surface area contributed by atoms with Crippen molar-refractivity contribution in [1.82, 2.24) is 0 Å². The largest absolute Gasteiger partial charge is 0.507 e. The van der Waals surface area contributed by atoms with E-state index in [4.69, 9.17) is 4.11 Å². The van der Waals surface area contributed by atoms with Gasteiger partial charge in [0, 0.05) is 15.6 Å². The van der Waals surface area contributed by atoms with Gasteiger partial charge in [-0.1, -0.05) is 54.1 Å². The van der Waals surface area contributed by atoms with E-state index in [0.29, 0.717) is 18.4 Å². The molecule has 2 aromatic carbocycles. The highest BCUT2D eigenvalue weighted by Crippen LogP contribution is 2.46. The second-order valence-electron chi connectivity index (χ2n) is 7.24. The van der Waals surface area contributed by atoms with E-state index in [1.807, 2.05) is 31.2 Å². The zero-order valence-electron chi connectivity index (χ0n) is 18.2. The van der Waals surface area contributed by atoms with E-state index in [9.17, 15) is 10.2 Å². The summed E-state index contributed by atoms with van der Waals surface area (Å²) < 4.78 is 23.2. The van der Waals surface area contributed by atoms with Crippen molar-refractivity contribution in [3.8, 4) is 11.5 Å². The SMILES string of the molecule is [2H]C([2H])([2H])C(=C)[C@@H]1CCC(C)=C[C@H]1c1c(O)cc(CCc2ccccc2)cc1O. The first-order valence-corrected chi connectivity index (χ1v) is 9.12. The lowest BCUT2D eigenvalue weighted by atomic mass is 9.73. The van der Waals surface area contributed by atoms with Crippen LogP contribution in [-0.4, -0.2) is 10.2 Å². The average molecular weight is 352 g/mol. The van der Waals surface area contributed by atoms with Crippen molar-refractivity contribution in [3.05, 3.63) is 83.0 Å². The minimum Gasteiger partial charge on any atom is -0.507 e. The molecule has 26 heavy (non-hydrogen) atoms. The van der Waals surface area contributed by atoms with Crippen LogP contribution in [0.1, 0.15) is 53.3 Å². The predicted octanol–water partition coefficient (Wildman–Crippen LogP) is 5.90. The fraction of sp³-hybridized carbons (Fsp3) is 0.333. The Hall–Kier alpha value is -2.48. The number of allylic oxidation sites excluding steroid dienone is 3. The van der Waals surface area contributed by atoms with Gasteiger partial charge in [0.25, 0.3) is 0 Å². The zero-order valence-corrected chi connectivity index (χ0v) is 15.2. The van der Waals surface area contributed by atoms with Gasteiger partial charge in [0.1, 0.15) is 11.5 Å². The van der Waals surface area contributed by atoms with Crippen LogP contribution in [0.2, 0.25) is 0 Å². The molecule has 3 rings (SSSR count). The highest BCUT2D eigenvalue weighted by Gasteiger charge is 2.30. The summed E-state index contributed by atoms with van der Waals surface area (Å²) in [6.45, 7) is 3.56. The van der Waals surface area contributed by atoms with Crippen LogP contribution >= 0.6 is 0 Å². The van der Waals surface area contributed by atoms with Gasteiger partial charge >= 0.3 is 0 Å². The van der Waals surface area contributed by atoms with Gasteiger partial charge in [0.05, 0.1) is 0 Å². The van der Waals surface area contributed by atoms with Crippen LogP contribution in [0.3, 0.4) is 0 Å². The molecule has 1 aliphatic carbocycles. The lowest BCUT2D eigenvalue weighted by Crippen LogP contribution is -2.17. The molecule has 0 saturated carbocycles. The molecule has 0 amide bonds. The highest BCUT2D eigenvalue weighted by atomic mass is 16.3. The van der Waals surface area contributed by atoms with E-state index in [1.54, 1.807) is 12.1 Å². The molecule has 2 atom stereocenters. The maximum Gasteiger partial charge on any atom is 0.123 e. The van der Waals surface area contributed by atoms with Crippen molar-refractivity contribution in [3.63, 3.8) is 0 Å². The number of benzene rings is 2. The topological polar surface area (TPSA) is 40.5 Å². The molecule has 0 bridgehead atoms. The van der Waals surface area contributed by atoms with Crippen LogP contribution < -0.4 is 0 Å². The van der Waals surface area contributed by atoms with Crippen LogP contribution in [0.4, 0.5) is 0 Å². The minimum absolute atomic E-state index is 0.00681. The van der Waals surface area contributed by atoms with Gasteiger partial charge in [0.2, 0.25) is 0 Å². The zero-order chi connectivity index (χ0) is 21.2. The summed E-state index contributed by atoms with van der Waals surface area (Å²) in [4.78, 5) is 0. The van der Waals surface area contributed by atoms with Gasteiger partial charge in [-0.3, -0.25) is 0 Å². The number of rotatable bonds is 5. The Bertz CT molecular complexity index is 890. The molecule has 0 radical (unpaired) electrons. The second kappa shape index (κ2) is 7.82. The average Bonchev–Trinajstić information content (AvgIpc) is 2.66. The van der Waals surface area contributed by atoms with Crippen molar-refractivity contribution in [1.29, 1.82) is 0 Å². The molecule has 0 spiro atoms.